The summed E-state index contributed by atoms with van der Waals surface area (Å²) in [7, 11) is 1.90. The fourth-order valence-corrected chi connectivity index (χ4v) is 3.89. The van der Waals surface area contributed by atoms with Crippen LogP contribution in [0.5, 0.6) is 0 Å². The molecule has 0 radical (unpaired) electrons. The van der Waals surface area contributed by atoms with Crippen LogP contribution < -0.4 is 10.2 Å². The Morgan fingerprint density at radius 2 is 1.87 bits per heavy atom. The SMILES string of the molecule is CCN(CC)c1ccc(-c2nnc(SC(C)C(=O)Nc3ccc(Cl)cn3)n2C)cc1. The number of aromatic nitrogens is 4. The van der Waals surface area contributed by atoms with Gasteiger partial charge in [0.1, 0.15) is 5.82 Å². The molecular formula is C21H25ClN6OS. The van der Waals surface area contributed by atoms with E-state index in [0.717, 1.165) is 24.5 Å². The number of carbonyl (C=O) groups excluding carboxylic acids is 1. The smallest absolute Gasteiger partial charge is 0.238 e. The van der Waals surface area contributed by atoms with Crippen molar-refractivity contribution >= 4 is 40.8 Å². The molecule has 3 aromatic rings. The van der Waals surface area contributed by atoms with E-state index in [1.807, 2.05) is 18.5 Å². The number of thioether (sulfide) groups is 1. The molecule has 1 atom stereocenters. The van der Waals surface area contributed by atoms with E-state index >= 15 is 0 Å². The van der Waals surface area contributed by atoms with Gasteiger partial charge in [-0.3, -0.25) is 4.79 Å². The van der Waals surface area contributed by atoms with Gasteiger partial charge in [0.05, 0.1) is 10.3 Å². The summed E-state index contributed by atoms with van der Waals surface area (Å²) in [6.07, 6.45) is 1.50. The van der Waals surface area contributed by atoms with Crippen molar-refractivity contribution in [2.24, 2.45) is 7.05 Å². The molecule has 1 aromatic carbocycles. The van der Waals surface area contributed by atoms with Gasteiger partial charge in [0.25, 0.3) is 0 Å². The molecule has 0 spiro atoms. The topological polar surface area (TPSA) is 75.9 Å². The van der Waals surface area contributed by atoms with Gasteiger partial charge >= 0.3 is 0 Å². The van der Waals surface area contributed by atoms with Crippen LogP contribution in [-0.2, 0) is 11.8 Å². The fourth-order valence-electron chi connectivity index (χ4n) is 2.97. The Hall–Kier alpha value is -2.58. The number of hydrogen-bond donors (Lipinski definition) is 1. The van der Waals surface area contributed by atoms with Crippen molar-refractivity contribution in [1.29, 1.82) is 0 Å². The summed E-state index contributed by atoms with van der Waals surface area (Å²) in [5, 5.41) is 12.2. The first-order valence-electron chi connectivity index (χ1n) is 9.76. The maximum atomic E-state index is 12.5. The molecule has 1 unspecified atom stereocenters. The van der Waals surface area contributed by atoms with Crippen LogP contribution in [0.15, 0.2) is 47.8 Å². The Labute approximate surface area is 185 Å². The molecule has 2 heterocycles. The largest absolute Gasteiger partial charge is 0.372 e. The van der Waals surface area contributed by atoms with Gasteiger partial charge in [0.2, 0.25) is 5.91 Å². The standard InChI is InChI=1S/C21H25ClN6OS/c1-5-28(6-2)17-10-7-15(8-11-17)19-25-26-21(27(19)4)30-14(3)20(29)24-18-12-9-16(22)13-23-18/h7-14H,5-6H2,1-4H3,(H,23,24,29). The second kappa shape index (κ2) is 9.95. The molecule has 0 bridgehead atoms. The van der Waals surface area contributed by atoms with Crippen molar-refractivity contribution in [2.45, 2.75) is 31.2 Å². The molecule has 158 valence electrons. The number of nitrogens with zero attached hydrogens (tertiary/aromatic N) is 5. The summed E-state index contributed by atoms with van der Waals surface area (Å²) in [6.45, 7) is 8.04. The molecule has 7 nitrogen and oxygen atoms in total. The molecule has 2 aromatic heterocycles. The molecule has 3 rings (SSSR count). The highest BCUT2D eigenvalue weighted by Crippen LogP contribution is 2.27. The monoisotopic (exact) mass is 444 g/mol. The first-order chi connectivity index (χ1) is 14.4. The van der Waals surface area contributed by atoms with Crippen molar-refractivity contribution in [1.82, 2.24) is 19.7 Å². The predicted octanol–water partition coefficient (Wildman–Crippen LogP) is 4.50. The molecule has 9 heteroatoms. The summed E-state index contributed by atoms with van der Waals surface area (Å²) >= 11 is 7.17. The van der Waals surface area contributed by atoms with Crippen molar-refractivity contribution < 1.29 is 4.79 Å². The predicted molar refractivity (Wildman–Crippen MR) is 123 cm³/mol. The van der Waals surface area contributed by atoms with Crippen molar-refractivity contribution in [3.63, 3.8) is 0 Å². The molecule has 0 saturated heterocycles. The molecule has 0 fully saturated rings. The highest BCUT2D eigenvalue weighted by Gasteiger charge is 2.20. The summed E-state index contributed by atoms with van der Waals surface area (Å²) in [6, 6.07) is 11.6. The molecular weight excluding hydrogens is 420 g/mol. The van der Waals surface area contributed by atoms with Crippen LogP contribution in [0.4, 0.5) is 11.5 Å². The van der Waals surface area contributed by atoms with Crippen molar-refractivity contribution in [3.05, 3.63) is 47.6 Å². The number of anilines is 2. The molecule has 0 aliphatic carbocycles. The lowest BCUT2D eigenvalue weighted by Crippen LogP contribution is -2.23. The molecule has 0 aliphatic rings. The van der Waals surface area contributed by atoms with Gasteiger partial charge in [-0.05, 0) is 57.2 Å². The number of rotatable bonds is 8. The van der Waals surface area contributed by atoms with E-state index in [4.69, 9.17) is 11.6 Å². The van der Waals surface area contributed by atoms with Gasteiger partial charge < -0.3 is 14.8 Å². The number of hydrogen-bond acceptors (Lipinski definition) is 6. The first kappa shape index (κ1) is 22.1. The normalized spacial score (nSPS) is 11.9. The van der Waals surface area contributed by atoms with Gasteiger partial charge in [-0.1, -0.05) is 23.4 Å². The van der Waals surface area contributed by atoms with Crippen LogP contribution in [0.25, 0.3) is 11.4 Å². The minimum atomic E-state index is -0.372. The molecule has 0 aliphatic heterocycles. The molecule has 0 saturated carbocycles. The second-order valence-corrected chi connectivity index (χ2v) is 8.44. The second-order valence-electron chi connectivity index (χ2n) is 6.70. The average molecular weight is 445 g/mol. The summed E-state index contributed by atoms with van der Waals surface area (Å²) in [4.78, 5) is 18.9. The maximum absolute atomic E-state index is 12.5. The van der Waals surface area contributed by atoms with Crippen LogP contribution in [0, 0.1) is 0 Å². The summed E-state index contributed by atoms with van der Waals surface area (Å²) in [5.41, 5.74) is 2.16. The van der Waals surface area contributed by atoms with E-state index in [-0.39, 0.29) is 11.2 Å². The Morgan fingerprint density at radius 1 is 1.17 bits per heavy atom. The maximum Gasteiger partial charge on any atom is 0.238 e. The minimum absolute atomic E-state index is 0.164. The van der Waals surface area contributed by atoms with Gasteiger partial charge in [-0.15, -0.1) is 10.2 Å². The van der Waals surface area contributed by atoms with Crippen molar-refractivity contribution in [2.75, 3.05) is 23.3 Å². The molecule has 30 heavy (non-hydrogen) atoms. The third-order valence-corrected chi connectivity index (χ3v) is 6.08. The zero-order valence-corrected chi connectivity index (χ0v) is 19.0. The van der Waals surface area contributed by atoms with E-state index in [9.17, 15) is 4.79 Å². The van der Waals surface area contributed by atoms with Gasteiger partial charge in [-0.2, -0.15) is 0 Å². The number of nitrogens with one attached hydrogen (secondary N) is 1. The first-order valence-corrected chi connectivity index (χ1v) is 11.0. The van der Waals surface area contributed by atoms with E-state index in [1.54, 1.807) is 12.1 Å². The third kappa shape index (κ3) is 5.12. The zero-order valence-electron chi connectivity index (χ0n) is 17.5. The lowest BCUT2D eigenvalue weighted by Gasteiger charge is -2.21. The lowest BCUT2D eigenvalue weighted by molar-refractivity contribution is -0.115. The third-order valence-electron chi connectivity index (χ3n) is 4.72. The van der Waals surface area contributed by atoms with Gasteiger partial charge in [0.15, 0.2) is 11.0 Å². The van der Waals surface area contributed by atoms with Crippen LogP contribution in [0.1, 0.15) is 20.8 Å². The van der Waals surface area contributed by atoms with Crippen molar-refractivity contribution in [3.8, 4) is 11.4 Å². The summed E-state index contributed by atoms with van der Waals surface area (Å²) < 4.78 is 1.90. The van der Waals surface area contributed by atoms with Crippen LogP contribution in [0.3, 0.4) is 0 Å². The van der Waals surface area contributed by atoms with Gasteiger partial charge in [0, 0.05) is 37.6 Å². The number of halogens is 1. The Balaban J connectivity index is 1.68. The molecule has 1 N–H and O–H groups in total. The summed E-state index contributed by atoms with van der Waals surface area (Å²) in [5.74, 6) is 1.06. The highest BCUT2D eigenvalue weighted by atomic mass is 35.5. The Morgan fingerprint density at radius 3 is 2.47 bits per heavy atom. The van der Waals surface area contributed by atoms with Gasteiger partial charge in [-0.25, -0.2) is 4.98 Å². The number of carbonyl (C=O) groups is 1. The van der Waals surface area contributed by atoms with Crippen LogP contribution in [-0.4, -0.2) is 44.0 Å². The van der Waals surface area contributed by atoms with Crippen LogP contribution >= 0.6 is 23.4 Å². The zero-order chi connectivity index (χ0) is 21.7. The van der Waals surface area contributed by atoms with Crippen LogP contribution in [0.2, 0.25) is 5.02 Å². The van der Waals surface area contributed by atoms with E-state index in [2.05, 4.69) is 63.5 Å². The Kier molecular flexibility index (Phi) is 7.33. The number of benzene rings is 1. The minimum Gasteiger partial charge on any atom is -0.372 e. The Bertz CT molecular complexity index is 986. The van der Waals surface area contributed by atoms with E-state index < -0.39 is 0 Å². The lowest BCUT2D eigenvalue weighted by atomic mass is 10.2. The van der Waals surface area contributed by atoms with E-state index in [0.29, 0.717) is 16.0 Å². The quantitative estimate of drug-likeness (QED) is 0.515. The van der Waals surface area contributed by atoms with E-state index in [1.165, 1.54) is 23.6 Å². The number of amides is 1. The fraction of sp³-hybridized carbons (Fsp3) is 0.333. The molecule has 1 amide bonds. The number of pyridine rings is 1. The highest BCUT2D eigenvalue weighted by molar-refractivity contribution is 8.00. The average Bonchev–Trinajstić information content (AvgIpc) is 3.11.